The minimum Gasteiger partial charge on any atom is -0.465 e. The Kier molecular flexibility index (Phi) is 5.14. The van der Waals surface area contributed by atoms with Crippen molar-refractivity contribution in [2.75, 3.05) is 0 Å². The summed E-state index contributed by atoms with van der Waals surface area (Å²) in [7, 11) is 0. The van der Waals surface area contributed by atoms with Crippen LogP contribution < -0.4 is 5.32 Å². The highest BCUT2D eigenvalue weighted by Crippen LogP contribution is 2.24. The van der Waals surface area contributed by atoms with Crippen molar-refractivity contribution in [3.05, 3.63) is 101 Å². The van der Waals surface area contributed by atoms with Crippen LogP contribution in [0.5, 0.6) is 0 Å². The second kappa shape index (κ2) is 7.66. The van der Waals surface area contributed by atoms with E-state index in [9.17, 15) is 4.79 Å². The average Bonchev–Trinajstić information content (AvgIpc) is 3.12. The summed E-state index contributed by atoms with van der Waals surface area (Å²) >= 11 is 6.10. The summed E-state index contributed by atoms with van der Waals surface area (Å²) in [6.45, 7) is 0. The van der Waals surface area contributed by atoms with Gasteiger partial charge in [-0.2, -0.15) is 0 Å². The van der Waals surface area contributed by atoms with E-state index in [4.69, 9.17) is 16.0 Å². The zero-order valence-corrected chi connectivity index (χ0v) is 13.6. The SMILES string of the molecule is O=C(/C=C/c1ccco1)NC(c1ccccc1)c1cccc(Cl)c1. The number of halogens is 1. The van der Waals surface area contributed by atoms with Gasteiger partial charge in [-0.25, -0.2) is 0 Å². The van der Waals surface area contributed by atoms with Gasteiger partial charge in [-0.05, 0) is 41.5 Å². The number of amides is 1. The molecule has 4 heteroatoms. The Morgan fingerprint density at radius 2 is 1.79 bits per heavy atom. The van der Waals surface area contributed by atoms with E-state index in [0.717, 1.165) is 11.1 Å². The molecule has 0 aliphatic heterocycles. The van der Waals surface area contributed by atoms with E-state index in [1.165, 1.54) is 6.08 Å². The summed E-state index contributed by atoms with van der Waals surface area (Å²) in [4.78, 5) is 12.3. The third kappa shape index (κ3) is 4.15. The maximum Gasteiger partial charge on any atom is 0.244 e. The fraction of sp³-hybridized carbons (Fsp3) is 0.0500. The molecule has 0 fully saturated rings. The molecule has 3 nitrogen and oxygen atoms in total. The molecule has 3 rings (SSSR count). The molecule has 0 radical (unpaired) electrons. The van der Waals surface area contributed by atoms with Gasteiger partial charge >= 0.3 is 0 Å². The van der Waals surface area contributed by atoms with E-state index in [1.54, 1.807) is 24.5 Å². The van der Waals surface area contributed by atoms with Gasteiger partial charge in [-0.3, -0.25) is 4.79 Å². The Morgan fingerprint density at radius 3 is 2.50 bits per heavy atom. The first-order valence-electron chi connectivity index (χ1n) is 7.55. The molecule has 0 aliphatic carbocycles. The smallest absolute Gasteiger partial charge is 0.244 e. The molecule has 24 heavy (non-hydrogen) atoms. The van der Waals surface area contributed by atoms with Crippen LogP contribution in [0.25, 0.3) is 6.08 Å². The fourth-order valence-electron chi connectivity index (χ4n) is 2.43. The molecule has 1 aromatic heterocycles. The Labute approximate surface area is 145 Å². The number of hydrogen-bond acceptors (Lipinski definition) is 2. The van der Waals surface area contributed by atoms with Crippen molar-refractivity contribution < 1.29 is 9.21 Å². The molecule has 0 saturated heterocycles. The third-order valence-corrected chi connectivity index (χ3v) is 3.78. The molecule has 0 saturated carbocycles. The van der Waals surface area contributed by atoms with E-state index in [0.29, 0.717) is 10.8 Å². The lowest BCUT2D eigenvalue weighted by atomic mass is 9.98. The van der Waals surface area contributed by atoms with Crippen molar-refractivity contribution >= 4 is 23.6 Å². The van der Waals surface area contributed by atoms with E-state index < -0.39 is 0 Å². The van der Waals surface area contributed by atoms with Gasteiger partial charge in [0, 0.05) is 11.1 Å². The van der Waals surface area contributed by atoms with Gasteiger partial charge in [0.05, 0.1) is 12.3 Å². The van der Waals surface area contributed by atoms with Crippen LogP contribution in [-0.2, 0) is 4.79 Å². The number of carbonyl (C=O) groups excluding carboxylic acids is 1. The van der Waals surface area contributed by atoms with Gasteiger partial charge in [0.2, 0.25) is 5.91 Å². The van der Waals surface area contributed by atoms with E-state index in [2.05, 4.69) is 5.32 Å². The van der Waals surface area contributed by atoms with Crippen LogP contribution in [0.4, 0.5) is 0 Å². The molecule has 120 valence electrons. The molecule has 1 atom stereocenters. The zero-order valence-electron chi connectivity index (χ0n) is 12.9. The highest BCUT2D eigenvalue weighted by Gasteiger charge is 2.15. The van der Waals surface area contributed by atoms with Crippen molar-refractivity contribution in [1.82, 2.24) is 5.32 Å². The molecule has 0 bridgehead atoms. The first kappa shape index (κ1) is 16.1. The van der Waals surface area contributed by atoms with Gasteiger partial charge in [0.1, 0.15) is 5.76 Å². The van der Waals surface area contributed by atoms with Gasteiger partial charge in [0.25, 0.3) is 0 Å². The largest absolute Gasteiger partial charge is 0.465 e. The monoisotopic (exact) mass is 337 g/mol. The van der Waals surface area contributed by atoms with Crippen molar-refractivity contribution in [2.24, 2.45) is 0 Å². The maximum absolute atomic E-state index is 12.3. The lowest BCUT2D eigenvalue weighted by Gasteiger charge is -2.19. The van der Waals surface area contributed by atoms with E-state index in [-0.39, 0.29) is 11.9 Å². The minimum absolute atomic E-state index is 0.208. The first-order valence-corrected chi connectivity index (χ1v) is 7.92. The van der Waals surface area contributed by atoms with Crippen molar-refractivity contribution in [1.29, 1.82) is 0 Å². The highest BCUT2D eigenvalue weighted by molar-refractivity contribution is 6.30. The van der Waals surface area contributed by atoms with Crippen LogP contribution in [0.3, 0.4) is 0 Å². The Morgan fingerprint density at radius 1 is 1.00 bits per heavy atom. The molecule has 1 unspecified atom stereocenters. The topological polar surface area (TPSA) is 42.2 Å². The average molecular weight is 338 g/mol. The lowest BCUT2D eigenvalue weighted by molar-refractivity contribution is -0.116. The molecule has 1 heterocycles. The molecular weight excluding hydrogens is 322 g/mol. The number of nitrogens with one attached hydrogen (secondary N) is 1. The van der Waals surface area contributed by atoms with Crippen LogP contribution in [-0.4, -0.2) is 5.91 Å². The van der Waals surface area contributed by atoms with Crippen LogP contribution in [0.2, 0.25) is 5.02 Å². The van der Waals surface area contributed by atoms with E-state index in [1.807, 2.05) is 54.6 Å². The highest BCUT2D eigenvalue weighted by atomic mass is 35.5. The third-order valence-electron chi connectivity index (χ3n) is 3.54. The molecule has 1 N–H and O–H groups in total. The van der Waals surface area contributed by atoms with Crippen LogP contribution >= 0.6 is 11.6 Å². The summed E-state index contributed by atoms with van der Waals surface area (Å²) in [5, 5.41) is 3.65. The number of hydrogen-bond donors (Lipinski definition) is 1. The van der Waals surface area contributed by atoms with Gasteiger partial charge in [0.15, 0.2) is 0 Å². The molecular formula is C20H16ClNO2. The van der Waals surface area contributed by atoms with Crippen LogP contribution in [0.1, 0.15) is 22.9 Å². The Bertz CT molecular complexity index is 826. The summed E-state index contributed by atoms with van der Waals surface area (Å²) in [5.74, 6) is 0.421. The first-order chi connectivity index (χ1) is 11.7. The van der Waals surface area contributed by atoms with Gasteiger partial charge < -0.3 is 9.73 Å². The Hall–Kier alpha value is -2.78. The summed E-state index contributed by atoms with van der Waals surface area (Å²) in [6.07, 6.45) is 4.66. The molecule has 3 aromatic rings. The fourth-order valence-corrected chi connectivity index (χ4v) is 2.62. The van der Waals surface area contributed by atoms with Crippen LogP contribution in [0.15, 0.2) is 83.5 Å². The normalized spacial score (nSPS) is 12.2. The van der Waals surface area contributed by atoms with Crippen molar-refractivity contribution in [2.45, 2.75) is 6.04 Å². The second-order valence-electron chi connectivity index (χ2n) is 5.26. The second-order valence-corrected chi connectivity index (χ2v) is 5.69. The van der Waals surface area contributed by atoms with Gasteiger partial charge in [-0.15, -0.1) is 0 Å². The lowest BCUT2D eigenvalue weighted by Crippen LogP contribution is -2.27. The number of furan rings is 1. The quantitative estimate of drug-likeness (QED) is 0.676. The van der Waals surface area contributed by atoms with Gasteiger partial charge in [-0.1, -0.05) is 54.1 Å². The van der Waals surface area contributed by atoms with Crippen LogP contribution in [0, 0.1) is 0 Å². The van der Waals surface area contributed by atoms with Crippen molar-refractivity contribution in [3.63, 3.8) is 0 Å². The number of rotatable bonds is 5. The molecule has 1 amide bonds. The summed E-state index contributed by atoms with van der Waals surface area (Å²) in [5.41, 5.74) is 1.91. The predicted octanol–water partition coefficient (Wildman–Crippen LogP) is 4.85. The number of benzene rings is 2. The maximum atomic E-state index is 12.3. The molecule has 0 spiro atoms. The number of carbonyl (C=O) groups is 1. The summed E-state index contributed by atoms with van der Waals surface area (Å²) < 4.78 is 5.19. The predicted molar refractivity (Wildman–Crippen MR) is 95.6 cm³/mol. The summed E-state index contributed by atoms with van der Waals surface area (Å²) in [6, 6.07) is 20.5. The molecule has 2 aromatic carbocycles. The zero-order chi connectivity index (χ0) is 16.8. The van der Waals surface area contributed by atoms with E-state index >= 15 is 0 Å². The Balaban J connectivity index is 1.84. The molecule has 0 aliphatic rings. The minimum atomic E-state index is -0.279. The van der Waals surface area contributed by atoms with Crippen molar-refractivity contribution in [3.8, 4) is 0 Å². The standard InChI is InChI=1S/C20H16ClNO2/c21-17-9-4-8-16(14-17)20(15-6-2-1-3-7-15)22-19(23)12-11-18-10-5-13-24-18/h1-14,20H,(H,22,23)/b12-11+.